The van der Waals surface area contributed by atoms with E-state index in [2.05, 4.69) is 38.0 Å². The second-order valence-electron chi connectivity index (χ2n) is 5.29. The monoisotopic (exact) mass is 212 g/mol. The van der Waals surface area contributed by atoms with Crippen LogP contribution < -0.4 is 5.32 Å². The Kier molecular flexibility index (Phi) is 2.54. The van der Waals surface area contributed by atoms with Crippen molar-refractivity contribution in [1.29, 1.82) is 0 Å². The minimum absolute atomic E-state index is 0.560. The average Bonchev–Trinajstić information content (AvgIpc) is 2.56. The van der Waals surface area contributed by atoms with E-state index in [1.165, 1.54) is 6.42 Å². The van der Waals surface area contributed by atoms with Crippen molar-refractivity contribution in [2.45, 2.75) is 45.4 Å². The Labute approximate surface area is 90.9 Å². The summed E-state index contributed by atoms with van der Waals surface area (Å²) in [5.74, 6) is 0.823. The maximum Gasteiger partial charge on any atom is 0.157 e. The fourth-order valence-corrected chi connectivity index (χ4v) is 2.82. The van der Waals surface area contributed by atoms with Crippen LogP contribution in [0.25, 0.3) is 0 Å². The van der Waals surface area contributed by atoms with Gasteiger partial charge < -0.3 is 5.32 Å². The Hall–Kier alpha value is -0.180. The summed E-state index contributed by atoms with van der Waals surface area (Å²) in [6, 6.07) is 0.575. The fraction of sp³-hybridized carbons (Fsp3) is 0.909. The van der Waals surface area contributed by atoms with Gasteiger partial charge in [0.2, 0.25) is 0 Å². The molecule has 0 aromatic carbocycles. The van der Waals surface area contributed by atoms with Gasteiger partial charge in [0.1, 0.15) is 0 Å². The van der Waals surface area contributed by atoms with Gasteiger partial charge in [-0.1, -0.05) is 32.5 Å². The van der Waals surface area contributed by atoms with Crippen LogP contribution in [0.3, 0.4) is 0 Å². The summed E-state index contributed by atoms with van der Waals surface area (Å²) in [5.41, 5.74) is 0.560. The molecule has 1 saturated carbocycles. The topological polar surface area (TPSA) is 24.4 Å². The third-order valence-electron chi connectivity index (χ3n) is 3.53. The van der Waals surface area contributed by atoms with Crippen molar-refractivity contribution in [3.8, 4) is 0 Å². The Morgan fingerprint density at radius 1 is 1.50 bits per heavy atom. The average molecular weight is 212 g/mol. The van der Waals surface area contributed by atoms with Gasteiger partial charge in [-0.05, 0) is 24.7 Å². The maximum absolute atomic E-state index is 4.65. The molecule has 14 heavy (non-hydrogen) atoms. The van der Waals surface area contributed by atoms with Crippen molar-refractivity contribution in [3.63, 3.8) is 0 Å². The molecule has 3 unspecified atom stereocenters. The zero-order valence-corrected chi connectivity index (χ0v) is 10.3. The van der Waals surface area contributed by atoms with Crippen molar-refractivity contribution in [2.24, 2.45) is 16.3 Å². The van der Waals surface area contributed by atoms with Crippen LogP contribution >= 0.6 is 11.8 Å². The lowest BCUT2D eigenvalue weighted by Crippen LogP contribution is -2.26. The SMILES string of the molecule is CC1NC(=NCC2CC2(C)C)SC1C. The summed E-state index contributed by atoms with van der Waals surface area (Å²) < 4.78 is 0. The van der Waals surface area contributed by atoms with Crippen molar-refractivity contribution in [1.82, 2.24) is 5.32 Å². The highest BCUT2D eigenvalue weighted by Crippen LogP contribution is 2.51. The fourth-order valence-electron chi connectivity index (χ4n) is 1.79. The molecule has 0 aromatic heterocycles. The molecular formula is C11H20N2S. The molecule has 3 atom stereocenters. The normalized spacial score (nSPS) is 42.6. The van der Waals surface area contributed by atoms with Crippen molar-refractivity contribution in [3.05, 3.63) is 0 Å². The molecule has 0 bridgehead atoms. The highest BCUT2D eigenvalue weighted by molar-refractivity contribution is 8.14. The predicted molar refractivity (Wildman–Crippen MR) is 63.8 cm³/mol. The van der Waals surface area contributed by atoms with E-state index >= 15 is 0 Å². The first-order valence-electron chi connectivity index (χ1n) is 5.47. The van der Waals surface area contributed by atoms with Crippen LogP contribution in [0.1, 0.15) is 34.1 Å². The van der Waals surface area contributed by atoms with E-state index in [-0.39, 0.29) is 0 Å². The van der Waals surface area contributed by atoms with Crippen molar-refractivity contribution < 1.29 is 0 Å². The molecule has 0 aromatic rings. The van der Waals surface area contributed by atoms with Crippen LogP contribution in [-0.2, 0) is 0 Å². The van der Waals surface area contributed by atoms with Crippen LogP contribution in [0, 0.1) is 11.3 Å². The van der Waals surface area contributed by atoms with Gasteiger partial charge >= 0.3 is 0 Å². The van der Waals surface area contributed by atoms with Gasteiger partial charge in [-0.25, -0.2) is 0 Å². The van der Waals surface area contributed by atoms with Gasteiger partial charge in [0.05, 0.1) is 0 Å². The van der Waals surface area contributed by atoms with Gasteiger partial charge in [0.25, 0.3) is 0 Å². The standard InChI is InChI=1S/C11H20N2S/c1-7-8(2)14-10(13-7)12-6-9-5-11(9,3)4/h7-9H,5-6H2,1-4H3,(H,12,13). The molecule has 2 fully saturated rings. The molecule has 1 aliphatic heterocycles. The predicted octanol–water partition coefficient (Wildman–Crippen LogP) is 2.50. The van der Waals surface area contributed by atoms with Gasteiger partial charge in [-0.2, -0.15) is 0 Å². The molecule has 80 valence electrons. The molecule has 2 rings (SSSR count). The van der Waals surface area contributed by atoms with Crippen LogP contribution in [0.5, 0.6) is 0 Å². The lowest BCUT2D eigenvalue weighted by atomic mass is 10.1. The maximum atomic E-state index is 4.65. The minimum Gasteiger partial charge on any atom is -0.361 e. The number of nitrogens with zero attached hydrogens (tertiary/aromatic N) is 1. The Morgan fingerprint density at radius 2 is 2.14 bits per heavy atom. The van der Waals surface area contributed by atoms with E-state index in [0.29, 0.717) is 16.7 Å². The quantitative estimate of drug-likeness (QED) is 0.760. The Balaban J connectivity index is 1.83. The van der Waals surface area contributed by atoms with E-state index in [4.69, 9.17) is 0 Å². The summed E-state index contributed by atoms with van der Waals surface area (Å²) in [6.45, 7) is 10.2. The molecule has 2 aliphatic rings. The van der Waals surface area contributed by atoms with Crippen molar-refractivity contribution >= 4 is 16.9 Å². The molecule has 0 spiro atoms. The summed E-state index contributed by atoms with van der Waals surface area (Å²) in [4.78, 5) is 4.65. The molecule has 1 heterocycles. The van der Waals surface area contributed by atoms with E-state index in [9.17, 15) is 0 Å². The second kappa shape index (κ2) is 3.44. The molecule has 1 aliphatic carbocycles. The molecule has 3 heteroatoms. The lowest BCUT2D eigenvalue weighted by Gasteiger charge is -2.04. The highest BCUT2D eigenvalue weighted by Gasteiger charge is 2.45. The molecule has 1 saturated heterocycles. The van der Waals surface area contributed by atoms with Gasteiger partial charge in [-0.15, -0.1) is 0 Å². The largest absolute Gasteiger partial charge is 0.361 e. The number of nitrogens with one attached hydrogen (secondary N) is 1. The summed E-state index contributed by atoms with van der Waals surface area (Å²) in [6.07, 6.45) is 1.35. The smallest absolute Gasteiger partial charge is 0.157 e. The number of hydrogen-bond donors (Lipinski definition) is 1. The van der Waals surface area contributed by atoms with E-state index in [0.717, 1.165) is 17.6 Å². The van der Waals surface area contributed by atoms with Gasteiger partial charge in [0.15, 0.2) is 5.17 Å². The first kappa shape index (κ1) is 10.3. The van der Waals surface area contributed by atoms with E-state index in [1.54, 1.807) is 0 Å². The third kappa shape index (κ3) is 2.08. The molecule has 2 nitrogen and oxygen atoms in total. The zero-order valence-electron chi connectivity index (χ0n) is 9.50. The molecule has 1 N–H and O–H groups in total. The summed E-state index contributed by atoms with van der Waals surface area (Å²) in [7, 11) is 0. The molecule has 0 radical (unpaired) electrons. The zero-order chi connectivity index (χ0) is 10.3. The third-order valence-corrected chi connectivity index (χ3v) is 4.78. The first-order chi connectivity index (χ1) is 6.49. The van der Waals surface area contributed by atoms with Gasteiger partial charge in [-0.3, -0.25) is 4.99 Å². The minimum atomic E-state index is 0.560. The lowest BCUT2D eigenvalue weighted by molar-refractivity contribution is 0.565. The van der Waals surface area contributed by atoms with Crippen LogP contribution in [0.2, 0.25) is 0 Å². The van der Waals surface area contributed by atoms with Crippen LogP contribution in [0.15, 0.2) is 4.99 Å². The number of thioether (sulfide) groups is 1. The summed E-state index contributed by atoms with van der Waals surface area (Å²) >= 11 is 1.88. The van der Waals surface area contributed by atoms with Gasteiger partial charge in [0, 0.05) is 17.8 Å². The molecule has 0 amide bonds. The first-order valence-corrected chi connectivity index (χ1v) is 6.34. The van der Waals surface area contributed by atoms with Crippen LogP contribution in [0.4, 0.5) is 0 Å². The van der Waals surface area contributed by atoms with E-state index < -0.39 is 0 Å². The van der Waals surface area contributed by atoms with Crippen LogP contribution in [-0.4, -0.2) is 23.0 Å². The Morgan fingerprint density at radius 3 is 2.57 bits per heavy atom. The van der Waals surface area contributed by atoms with Crippen molar-refractivity contribution in [2.75, 3.05) is 6.54 Å². The number of amidine groups is 1. The van der Waals surface area contributed by atoms with E-state index in [1.807, 2.05) is 11.8 Å². The number of rotatable bonds is 2. The number of aliphatic imine (C=N–C) groups is 1. The highest BCUT2D eigenvalue weighted by atomic mass is 32.2. The Bertz CT molecular complexity index is 248. The number of hydrogen-bond acceptors (Lipinski definition) is 2. The second-order valence-corrected chi connectivity index (χ2v) is 6.66. The summed E-state index contributed by atoms with van der Waals surface area (Å²) in [5, 5.41) is 5.25. The molecular weight excluding hydrogens is 192 g/mol.